The monoisotopic (exact) mass is 345 g/mol. The first-order chi connectivity index (χ1) is 12.1. The number of nitrogens with zero attached hydrogens (tertiary/aromatic N) is 3. The predicted molar refractivity (Wildman–Crippen MR) is 93.4 cm³/mol. The van der Waals surface area contributed by atoms with Crippen molar-refractivity contribution in [2.45, 2.75) is 20.0 Å². The van der Waals surface area contributed by atoms with Gasteiger partial charge in [-0.15, -0.1) is 0 Å². The Bertz CT molecular complexity index is 728. The summed E-state index contributed by atoms with van der Waals surface area (Å²) >= 11 is 0. The van der Waals surface area contributed by atoms with Gasteiger partial charge in [-0.1, -0.05) is 12.1 Å². The molecule has 1 aromatic heterocycles. The van der Waals surface area contributed by atoms with E-state index in [0.717, 1.165) is 11.3 Å². The minimum atomic E-state index is -0.441. The van der Waals surface area contributed by atoms with Crippen LogP contribution < -0.4 is 10.4 Å². The van der Waals surface area contributed by atoms with Crippen LogP contribution in [0.1, 0.15) is 12.5 Å². The van der Waals surface area contributed by atoms with Crippen molar-refractivity contribution in [3.05, 3.63) is 58.8 Å². The summed E-state index contributed by atoms with van der Waals surface area (Å²) in [6, 6.07) is 9.23. The number of amides is 1. The molecule has 0 aliphatic carbocycles. The standard InChI is InChI=1S/C18H23N3O4/c1-3-25-16-7-5-15(6-8-16)13-20(11-12-24-2)17(22)14-21-10-4-9-19-18(21)23/h4-10H,3,11-14H2,1-2H3. The average Bonchev–Trinajstić information content (AvgIpc) is 2.62. The van der Waals surface area contributed by atoms with E-state index in [1.807, 2.05) is 31.2 Å². The van der Waals surface area contributed by atoms with Gasteiger partial charge in [0.1, 0.15) is 12.3 Å². The van der Waals surface area contributed by atoms with Gasteiger partial charge in [0.25, 0.3) is 0 Å². The van der Waals surface area contributed by atoms with Crippen molar-refractivity contribution >= 4 is 5.91 Å². The largest absolute Gasteiger partial charge is 0.494 e. The summed E-state index contributed by atoms with van der Waals surface area (Å²) < 4.78 is 11.8. The lowest BCUT2D eigenvalue weighted by Gasteiger charge is -2.23. The van der Waals surface area contributed by atoms with Crippen LogP contribution in [0.3, 0.4) is 0 Å². The fraction of sp³-hybridized carbons (Fsp3) is 0.389. The number of methoxy groups -OCH3 is 1. The second-order valence-electron chi connectivity index (χ2n) is 5.42. The molecule has 134 valence electrons. The van der Waals surface area contributed by atoms with Crippen LogP contribution >= 0.6 is 0 Å². The Morgan fingerprint density at radius 1 is 1.28 bits per heavy atom. The zero-order chi connectivity index (χ0) is 18.1. The van der Waals surface area contributed by atoms with Crippen molar-refractivity contribution < 1.29 is 14.3 Å². The molecule has 0 aliphatic heterocycles. The van der Waals surface area contributed by atoms with Crippen LogP contribution in [0.15, 0.2) is 47.5 Å². The predicted octanol–water partition coefficient (Wildman–Crippen LogP) is 1.32. The van der Waals surface area contributed by atoms with Crippen molar-refractivity contribution in [2.75, 3.05) is 26.9 Å². The van der Waals surface area contributed by atoms with Crippen LogP contribution in [0, 0.1) is 0 Å². The van der Waals surface area contributed by atoms with Gasteiger partial charge < -0.3 is 14.4 Å². The van der Waals surface area contributed by atoms with Crippen LogP contribution in [0.25, 0.3) is 0 Å². The third kappa shape index (κ3) is 5.72. The summed E-state index contributed by atoms with van der Waals surface area (Å²) in [7, 11) is 1.59. The smallest absolute Gasteiger partial charge is 0.347 e. The highest BCUT2D eigenvalue weighted by atomic mass is 16.5. The lowest BCUT2D eigenvalue weighted by molar-refractivity contribution is -0.133. The molecule has 7 nitrogen and oxygen atoms in total. The Labute approximate surface area is 146 Å². The molecule has 0 N–H and O–H groups in total. The van der Waals surface area contributed by atoms with Crippen LogP contribution in [-0.4, -0.2) is 47.2 Å². The zero-order valence-corrected chi connectivity index (χ0v) is 14.6. The zero-order valence-electron chi connectivity index (χ0n) is 14.6. The fourth-order valence-electron chi connectivity index (χ4n) is 2.32. The molecule has 1 amide bonds. The van der Waals surface area contributed by atoms with E-state index in [4.69, 9.17) is 9.47 Å². The Kier molecular flexibility index (Phi) is 7.16. The Morgan fingerprint density at radius 3 is 2.68 bits per heavy atom. The highest BCUT2D eigenvalue weighted by Gasteiger charge is 2.15. The number of carbonyl (C=O) groups excluding carboxylic acids is 1. The number of ether oxygens (including phenoxy) is 2. The second kappa shape index (κ2) is 9.58. The maximum Gasteiger partial charge on any atom is 0.347 e. The number of hydrogen-bond donors (Lipinski definition) is 0. The molecule has 7 heteroatoms. The highest BCUT2D eigenvalue weighted by molar-refractivity contribution is 5.76. The van der Waals surface area contributed by atoms with E-state index in [1.165, 1.54) is 10.8 Å². The van der Waals surface area contributed by atoms with Gasteiger partial charge >= 0.3 is 5.69 Å². The first-order valence-electron chi connectivity index (χ1n) is 8.14. The molecule has 0 unspecified atom stereocenters. The van der Waals surface area contributed by atoms with E-state index < -0.39 is 5.69 Å². The summed E-state index contributed by atoms with van der Waals surface area (Å²) in [5.41, 5.74) is 0.537. The molecule has 2 rings (SSSR count). The van der Waals surface area contributed by atoms with E-state index >= 15 is 0 Å². The molecule has 1 heterocycles. The molecule has 0 saturated carbocycles. The third-order valence-electron chi connectivity index (χ3n) is 3.61. The Balaban J connectivity index is 2.07. The summed E-state index contributed by atoms with van der Waals surface area (Å²) in [6.45, 7) is 3.79. The van der Waals surface area contributed by atoms with Gasteiger partial charge in [0.2, 0.25) is 5.91 Å². The Morgan fingerprint density at radius 2 is 2.04 bits per heavy atom. The van der Waals surface area contributed by atoms with Crippen LogP contribution in [0.2, 0.25) is 0 Å². The molecule has 0 aliphatic rings. The van der Waals surface area contributed by atoms with E-state index in [2.05, 4.69) is 4.98 Å². The number of benzene rings is 1. The summed E-state index contributed by atoms with van der Waals surface area (Å²) in [5.74, 6) is 0.629. The molecule has 0 saturated heterocycles. The number of rotatable bonds is 9. The SMILES string of the molecule is CCOc1ccc(CN(CCOC)C(=O)Cn2cccnc2=O)cc1. The first-order valence-corrected chi connectivity index (χ1v) is 8.14. The number of aromatic nitrogens is 2. The van der Waals surface area contributed by atoms with E-state index in [9.17, 15) is 9.59 Å². The molecule has 0 bridgehead atoms. The molecule has 0 spiro atoms. The lowest BCUT2D eigenvalue weighted by atomic mass is 10.2. The van der Waals surface area contributed by atoms with Gasteiger partial charge in [0, 0.05) is 32.6 Å². The summed E-state index contributed by atoms with van der Waals surface area (Å²) in [4.78, 5) is 29.6. The lowest BCUT2D eigenvalue weighted by Crippen LogP contribution is -2.38. The Hall–Kier alpha value is -2.67. The molecule has 2 aromatic rings. The minimum Gasteiger partial charge on any atom is -0.494 e. The molecule has 25 heavy (non-hydrogen) atoms. The van der Waals surface area contributed by atoms with Gasteiger partial charge in [-0.05, 0) is 30.7 Å². The molecular formula is C18H23N3O4. The third-order valence-corrected chi connectivity index (χ3v) is 3.61. The van der Waals surface area contributed by atoms with Crippen LogP contribution in [0.4, 0.5) is 0 Å². The topological polar surface area (TPSA) is 73.7 Å². The average molecular weight is 345 g/mol. The molecule has 0 atom stereocenters. The number of hydrogen-bond acceptors (Lipinski definition) is 5. The van der Waals surface area contributed by atoms with Crippen molar-refractivity contribution in [3.63, 3.8) is 0 Å². The van der Waals surface area contributed by atoms with Crippen molar-refractivity contribution in [3.8, 4) is 5.75 Å². The van der Waals surface area contributed by atoms with Crippen molar-refractivity contribution in [1.29, 1.82) is 0 Å². The van der Waals surface area contributed by atoms with Crippen LogP contribution in [0.5, 0.6) is 5.75 Å². The maximum atomic E-state index is 12.6. The van der Waals surface area contributed by atoms with Crippen LogP contribution in [-0.2, 0) is 22.6 Å². The first kappa shape index (κ1) is 18.7. The molecule has 0 fully saturated rings. The number of carbonyl (C=O) groups is 1. The van der Waals surface area contributed by atoms with Gasteiger partial charge in [-0.25, -0.2) is 9.78 Å². The molecule has 1 aromatic carbocycles. The normalized spacial score (nSPS) is 10.5. The molecule has 0 radical (unpaired) electrons. The van der Waals surface area contributed by atoms with E-state index in [0.29, 0.717) is 26.3 Å². The van der Waals surface area contributed by atoms with Gasteiger partial charge in [0.05, 0.1) is 13.2 Å². The van der Waals surface area contributed by atoms with Crippen molar-refractivity contribution in [2.24, 2.45) is 0 Å². The summed E-state index contributed by atoms with van der Waals surface area (Å²) in [6.07, 6.45) is 2.96. The second-order valence-corrected chi connectivity index (χ2v) is 5.42. The summed E-state index contributed by atoms with van der Waals surface area (Å²) in [5, 5.41) is 0. The van der Waals surface area contributed by atoms with E-state index in [-0.39, 0.29) is 12.5 Å². The highest BCUT2D eigenvalue weighted by Crippen LogP contribution is 2.14. The quantitative estimate of drug-likeness (QED) is 0.685. The van der Waals surface area contributed by atoms with Gasteiger partial charge in [-0.3, -0.25) is 9.36 Å². The van der Waals surface area contributed by atoms with Crippen molar-refractivity contribution in [1.82, 2.24) is 14.5 Å². The minimum absolute atomic E-state index is 0.0482. The fourth-order valence-corrected chi connectivity index (χ4v) is 2.32. The van der Waals surface area contributed by atoms with E-state index in [1.54, 1.807) is 24.3 Å². The van der Waals surface area contributed by atoms with Gasteiger partial charge in [-0.2, -0.15) is 0 Å². The maximum absolute atomic E-state index is 12.6. The van der Waals surface area contributed by atoms with Gasteiger partial charge in [0.15, 0.2) is 0 Å². The molecular weight excluding hydrogens is 322 g/mol.